The van der Waals surface area contributed by atoms with Gasteiger partial charge in [0.05, 0.1) is 0 Å². The van der Waals surface area contributed by atoms with Gasteiger partial charge in [0, 0.05) is 6.92 Å². The number of hydrogen-bond acceptors (Lipinski definition) is 4. The number of aromatic hydroxyl groups is 2. The zero-order valence-corrected chi connectivity index (χ0v) is 9.91. The molecule has 0 saturated carbocycles. The van der Waals surface area contributed by atoms with Crippen molar-refractivity contribution in [1.82, 2.24) is 0 Å². The van der Waals surface area contributed by atoms with Crippen LogP contribution in [0.5, 0.6) is 23.0 Å². The van der Waals surface area contributed by atoms with E-state index in [2.05, 4.69) is 0 Å². The number of benzene rings is 2. The topological polar surface area (TPSA) is 58.9 Å². The van der Waals surface area contributed by atoms with E-state index in [1.54, 1.807) is 55.5 Å². The Morgan fingerprint density at radius 3 is 1.39 bits per heavy atom. The Balaban J connectivity index is 1.94. The standard InChI is InChI=1S/C14H14O4/c1-10(17-13-6-2-11(15)3-7-13)18-14-8-4-12(16)5-9-14/h2-10,15-16H,1H3. The minimum Gasteiger partial charge on any atom is -0.508 e. The van der Waals surface area contributed by atoms with Crippen molar-refractivity contribution < 1.29 is 19.7 Å². The van der Waals surface area contributed by atoms with Crippen LogP contribution < -0.4 is 9.47 Å². The third kappa shape index (κ3) is 3.31. The minimum absolute atomic E-state index is 0.189. The maximum atomic E-state index is 9.14. The number of phenolic OH excluding ortho intramolecular Hbond substituents is 2. The van der Waals surface area contributed by atoms with Gasteiger partial charge in [-0.05, 0) is 48.5 Å². The van der Waals surface area contributed by atoms with E-state index in [9.17, 15) is 0 Å². The molecule has 2 N–H and O–H groups in total. The summed E-state index contributed by atoms with van der Waals surface area (Å²) in [5.41, 5.74) is 0. The number of ether oxygens (including phenoxy) is 2. The summed E-state index contributed by atoms with van der Waals surface area (Å²) in [4.78, 5) is 0. The van der Waals surface area contributed by atoms with Gasteiger partial charge in [0.15, 0.2) is 0 Å². The fourth-order valence-electron chi connectivity index (χ4n) is 1.46. The van der Waals surface area contributed by atoms with Gasteiger partial charge in [0.25, 0.3) is 0 Å². The third-order valence-electron chi connectivity index (χ3n) is 2.28. The molecule has 0 saturated heterocycles. The molecule has 0 aromatic heterocycles. The smallest absolute Gasteiger partial charge is 0.238 e. The lowest BCUT2D eigenvalue weighted by molar-refractivity contribution is 0.0222. The highest BCUT2D eigenvalue weighted by atomic mass is 16.7. The van der Waals surface area contributed by atoms with Gasteiger partial charge in [-0.25, -0.2) is 0 Å². The van der Waals surface area contributed by atoms with Crippen LogP contribution in [0.4, 0.5) is 0 Å². The SMILES string of the molecule is CC(Oc1ccc(O)cc1)Oc1ccc(O)cc1. The summed E-state index contributed by atoms with van der Waals surface area (Å²) in [5, 5.41) is 18.3. The number of phenols is 2. The summed E-state index contributed by atoms with van der Waals surface area (Å²) < 4.78 is 11.0. The molecule has 4 heteroatoms. The van der Waals surface area contributed by atoms with Crippen LogP contribution in [0.25, 0.3) is 0 Å². The molecule has 0 aliphatic rings. The Morgan fingerprint density at radius 2 is 1.06 bits per heavy atom. The van der Waals surface area contributed by atoms with Gasteiger partial charge in [-0.15, -0.1) is 0 Å². The molecule has 0 spiro atoms. The van der Waals surface area contributed by atoms with Gasteiger partial charge >= 0.3 is 0 Å². The average molecular weight is 246 g/mol. The Kier molecular flexibility index (Phi) is 3.57. The molecular formula is C14H14O4. The quantitative estimate of drug-likeness (QED) is 0.814. The molecule has 0 heterocycles. The third-order valence-corrected chi connectivity index (χ3v) is 2.28. The van der Waals surface area contributed by atoms with Crippen molar-refractivity contribution in [2.45, 2.75) is 13.2 Å². The van der Waals surface area contributed by atoms with E-state index in [0.717, 1.165) is 0 Å². The predicted octanol–water partition coefficient (Wildman–Crippen LogP) is 2.90. The van der Waals surface area contributed by atoms with E-state index in [1.165, 1.54) is 0 Å². The van der Waals surface area contributed by atoms with Gasteiger partial charge in [-0.1, -0.05) is 0 Å². The molecule has 2 aromatic rings. The highest BCUT2D eigenvalue weighted by molar-refractivity contribution is 5.31. The van der Waals surface area contributed by atoms with Gasteiger partial charge in [-0.2, -0.15) is 0 Å². The largest absolute Gasteiger partial charge is 0.508 e. The van der Waals surface area contributed by atoms with E-state index in [1.807, 2.05) is 0 Å². The van der Waals surface area contributed by atoms with Gasteiger partial charge in [0.1, 0.15) is 23.0 Å². The van der Waals surface area contributed by atoms with E-state index in [-0.39, 0.29) is 11.5 Å². The molecule has 0 atom stereocenters. The van der Waals surface area contributed by atoms with Crippen molar-refractivity contribution in [3.05, 3.63) is 48.5 Å². The van der Waals surface area contributed by atoms with Crippen LogP contribution in [0.3, 0.4) is 0 Å². The Bertz CT molecular complexity index is 443. The summed E-state index contributed by atoms with van der Waals surface area (Å²) in [6.07, 6.45) is -0.473. The number of rotatable bonds is 4. The van der Waals surface area contributed by atoms with Gasteiger partial charge < -0.3 is 19.7 Å². The zero-order valence-electron chi connectivity index (χ0n) is 9.91. The molecule has 2 aromatic carbocycles. The Labute approximate surface area is 105 Å². The van der Waals surface area contributed by atoms with E-state index >= 15 is 0 Å². The first-order chi connectivity index (χ1) is 8.63. The molecule has 94 valence electrons. The van der Waals surface area contributed by atoms with Crippen molar-refractivity contribution in [3.8, 4) is 23.0 Å². The second-order valence-corrected chi connectivity index (χ2v) is 3.79. The Hall–Kier alpha value is -2.36. The van der Waals surface area contributed by atoms with Crippen LogP contribution in [0.15, 0.2) is 48.5 Å². The van der Waals surface area contributed by atoms with Gasteiger partial charge in [-0.3, -0.25) is 0 Å². The van der Waals surface area contributed by atoms with E-state index in [4.69, 9.17) is 19.7 Å². The molecule has 18 heavy (non-hydrogen) atoms. The lowest BCUT2D eigenvalue weighted by Crippen LogP contribution is -2.19. The maximum Gasteiger partial charge on any atom is 0.238 e. The highest BCUT2D eigenvalue weighted by Crippen LogP contribution is 2.20. The molecule has 2 rings (SSSR count). The molecular weight excluding hydrogens is 232 g/mol. The first-order valence-corrected chi connectivity index (χ1v) is 5.55. The molecule has 0 unspecified atom stereocenters. The zero-order chi connectivity index (χ0) is 13.0. The second kappa shape index (κ2) is 5.31. The first kappa shape index (κ1) is 12.1. The maximum absolute atomic E-state index is 9.14. The van der Waals surface area contributed by atoms with Crippen molar-refractivity contribution in [1.29, 1.82) is 0 Å². The molecule has 0 radical (unpaired) electrons. The second-order valence-electron chi connectivity index (χ2n) is 3.79. The lowest BCUT2D eigenvalue weighted by Gasteiger charge is -2.16. The van der Waals surface area contributed by atoms with Crippen molar-refractivity contribution in [3.63, 3.8) is 0 Å². The molecule has 0 amide bonds. The van der Waals surface area contributed by atoms with E-state index in [0.29, 0.717) is 11.5 Å². The molecule has 0 fully saturated rings. The first-order valence-electron chi connectivity index (χ1n) is 5.55. The predicted molar refractivity (Wildman–Crippen MR) is 66.9 cm³/mol. The van der Waals surface area contributed by atoms with E-state index < -0.39 is 6.29 Å². The van der Waals surface area contributed by atoms with Crippen LogP contribution >= 0.6 is 0 Å². The van der Waals surface area contributed by atoms with Gasteiger partial charge in [0.2, 0.25) is 6.29 Å². The van der Waals surface area contributed by atoms with Crippen molar-refractivity contribution in [2.24, 2.45) is 0 Å². The van der Waals surface area contributed by atoms with Crippen LogP contribution in [0, 0.1) is 0 Å². The summed E-state index contributed by atoms with van der Waals surface area (Å²) in [6, 6.07) is 12.8. The molecule has 0 aliphatic carbocycles. The lowest BCUT2D eigenvalue weighted by atomic mass is 10.3. The van der Waals surface area contributed by atoms with Crippen molar-refractivity contribution in [2.75, 3.05) is 0 Å². The van der Waals surface area contributed by atoms with Crippen LogP contribution in [0.2, 0.25) is 0 Å². The van der Waals surface area contributed by atoms with Crippen LogP contribution in [0.1, 0.15) is 6.92 Å². The minimum atomic E-state index is -0.473. The summed E-state index contributed by atoms with van der Waals surface area (Å²) in [5.74, 6) is 1.60. The van der Waals surface area contributed by atoms with Crippen LogP contribution in [-0.4, -0.2) is 16.5 Å². The number of hydrogen-bond donors (Lipinski definition) is 2. The monoisotopic (exact) mass is 246 g/mol. The summed E-state index contributed by atoms with van der Waals surface area (Å²) in [7, 11) is 0. The van der Waals surface area contributed by atoms with Crippen LogP contribution in [-0.2, 0) is 0 Å². The highest BCUT2D eigenvalue weighted by Gasteiger charge is 2.05. The summed E-state index contributed by atoms with van der Waals surface area (Å²) in [6.45, 7) is 1.76. The molecule has 4 nitrogen and oxygen atoms in total. The Morgan fingerprint density at radius 1 is 0.722 bits per heavy atom. The summed E-state index contributed by atoms with van der Waals surface area (Å²) >= 11 is 0. The molecule has 0 aliphatic heterocycles. The fraction of sp³-hybridized carbons (Fsp3) is 0.143. The fourth-order valence-corrected chi connectivity index (χ4v) is 1.46. The average Bonchev–Trinajstić information content (AvgIpc) is 2.35. The van der Waals surface area contributed by atoms with Crippen molar-refractivity contribution >= 4 is 0 Å². The molecule has 0 bridgehead atoms. The normalized spacial score (nSPS) is 10.3.